The molecular formula is C21H20N2O5. The highest BCUT2D eigenvalue weighted by Gasteiger charge is 2.33. The Morgan fingerprint density at radius 2 is 1.93 bits per heavy atom. The predicted octanol–water partition coefficient (Wildman–Crippen LogP) is 3.82. The number of nitro benzene ring substituents is 1. The van der Waals surface area contributed by atoms with Crippen LogP contribution < -0.4 is 4.74 Å². The van der Waals surface area contributed by atoms with Gasteiger partial charge in [-0.1, -0.05) is 0 Å². The normalized spacial score (nSPS) is 17.8. The number of allylic oxidation sites excluding steroid dienone is 1. The first-order valence-electron chi connectivity index (χ1n) is 9.20. The number of nitrogens with zero attached hydrogens (tertiary/aromatic N) is 2. The van der Waals surface area contributed by atoms with Gasteiger partial charge in [0.05, 0.1) is 16.1 Å². The maximum absolute atomic E-state index is 12.9. The number of ketones is 1. The number of ether oxygens (including phenoxy) is 1. The standard InChI is InChI=1S/C21H20N2O5/c1-13-10-17(24)16(12-22-8-2-3-9-22)21-19(13)20(25)18(28-21)11-14-4-6-15(7-5-14)23(26)27/h4-7,10-11,24H,2-3,8-9,12H2,1H3/b18-11-. The largest absolute Gasteiger partial charge is 0.507 e. The maximum atomic E-state index is 12.9. The topological polar surface area (TPSA) is 92.9 Å². The molecular weight excluding hydrogens is 360 g/mol. The molecule has 1 saturated heterocycles. The molecule has 28 heavy (non-hydrogen) atoms. The van der Waals surface area contributed by atoms with E-state index in [2.05, 4.69) is 4.90 Å². The zero-order valence-electron chi connectivity index (χ0n) is 15.5. The van der Waals surface area contributed by atoms with Crippen LogP contribution in [-0.2, 0) is 6.54 Å². The molecule has 144 valence electrons. The molecule has 0 bridgehead atoms. The molecule has 0 amide bonds. The molecule has 2 heterocycles. The van der Waals surface area contributed by atoms with E-state index >= 15 is 0 Å². The van der Waals surface area contributed by atoms with Crippen LogP contribution >= 0.6 is 0 Å². The van der Waals surface area contributed by atoms with Crippen molar-refractivity contribution in [2.75, 3.05) is 13.1 Å². The third kappa shape index (κ3) is 3.25. The van der Waals surface area contributed by atoms with E-state index in [0.29, 0.717) is 34.5 Å². The molecule has 0 atom stereocenters. The number of rotatable bonds is 4. The number of benzene rings is 2. The summed E-state index contributed by atoms with van der Waals surface area (Å²) in [6, 6.07) is 7.52. The van der Waals surface area contributed by atoms with Crippen LogP contribution in [0.3, 0.4) is 0 Å². The Morgan fingerprint density at radius 3 is 2.57 bits per heavy atom. The lowest BCUT2D eigenvalue weighted by molar-refractivity contribution is -0.384. The van der Waals surface area contributed by atoms with E-state index in [1.54, 1.807) is 31.2 Å². The first kappa shape index (κ1) is 18.2. The SMILES string of the molecule is Cc1cc(O)c(CN2CCCC2)c2c1C(=O)/C(=C/c1ccc([N+](=O)[O-])cc1)O2. The second-order valence-electron chi connectivity index (χ2n) is 7.17. The van der Waals surface area contributed by atoms with Gasteiger partial charge in [-0.3, -0.25) is 19.8 Å². The molecule has 0 aromatic heterocycles. The highest BCUT2D eigenvalue weighted by Crippen LogP contribution is 2.42. The maximum Gasteiger partial charge on any atom is 0.269 e. The molecule has 7 nitrogen and oxygen atoms in total. The fraction of sp³-hybridized carbons (Fsp3) is 0.286. The van der Waals surface area contributed by atoms with Crippen molar-refractivity contribution in [1.29, 1.82) is 0 Å². The van der Waals surface area contributed by atoms with E-state index in [9.17, 15) is 20.0 Å². The van der Waals surface area contributed by atoms with E-state index in [0.717, 1.165) is 25.9 Å². The third-order valence-corrected chi connectivity index (χ3v) is 5.20. The summed E-state index contributed by atoms with van der Waals surface area (Å²) in [5.74, 6) is 0.462. The van der Waals surface area contributed by atoms with Crippen molar-refractivity contribution in [1.82, 2.24) is 4.90 Å². The van der Waals surface area contributed by atoms with Crippen LogP contribution in [-0.4, -0.2) is 33.8 Å². The molecule has 0 spiro atoms. The molecule has 0 unspecified atom stereocenters. The van der Waals surface area contributed by atoms with Crippen molar-refractivity contribution >= 4 is 17.5 Å². The number of hydrogen-bond acceptors (Lipinski definition) is 6. The van der Waals surface area contributed by atoms with Crippen LogP contribution in [0.5, 0.6) is 11.5 Å². The molecule has 2 aromatic rings. The van der Waals surface area contributed by atoms with Gasteiger partial charge < -0.3 is 9.84 Å². The summed E-state index contributed by atoms with van der Waals surface area (Å²) in [5, 5.41) is 21.2. The highest BCUT2D eigenvalue weighted by molar-refractivity contribution is 6.15. The number of Topliss-reactive ketones (excluding diaryl/α,β-unsaturated/α-hetero) is 1. The van der Waals surface area contributed by atoms with Gasteiger partial charge in [-0.25, -0.2) is 0 Å². The van der Waals surface area contributed by atoms with E-state index < -0.39 is 4.92 Å². The molecule has 0 aliphatic carbocycles. The fourth-order valence-corrected chi connectivity index (χ4v) is 3.74. The van der Waals surface area contributed by atoms with Crippen molar-refractivity contribution in [2.24, 2.45) is 0 Å². The van der Waals surface area contributed by atoms with Crippen molar-refractivity contribution in [3.05, 3.63) is 68.5 Å². The number of likely N-dealkylation sites (tertiary alicyclic amines) is 1. The molecule has 1 N–H and O–H groups in total. The number of non-ortho nitro benzene ring substituents is 1. The molecule has 2 aliphatic rings. The van der Waals surface area contributed by atoms with E-state index in [1.165, 1.54) is 12.1 Å². The van der Waals surface area contributed by atoms with Crippen LogP contribution in [0.1, 0.15) is 39.9 Å². The van der Waals surface area contributed by atoms with Gasteiger partial charge in [-0.15, -0.1) is 0 Å². The average Bonchev–Trinajstić information content (AvgIpc) is 3.28. The number of hydrogen-bond donors (Lipinski definition) is 1. The van der Waals surface area contributed by atoms with Crippen LogP contribution in [0.15, 0.2) is 36.1 Å². The molecule has 2 aromatic carbocycles. The zero-order chi connectivity index (χ0) is 19.8. The Balaban J connectivity index is 1.68. The second kappa shape index (κ2) is 7.09. The second-order valence-corrected chi connectivity index (χ2v) is 7.17. The number of carbonyl (C=O) groups excluding carboxylic acids is 1. The monoisotopic (exact) mass is 380 g/mol. The summed E-state index contributed by atoms with van der Waals surface area (Å²) in [4.78, 5) is 25.5. The minimum atomic E-state index is -0.471. The van der Waals surface area contributed by atoms with Crippen molar-refractivity contribution in [3.8, 4) is 11.5 Å². The minimum Gasteiger partial charge on any atom is -0.507 e. The lowest BCUT2D eigenvalue weighted by atomic mass is 9.99. The Bertz CT molecular complexity index is 989. The van der Waals surface area contributed by atoms with Crippen molar-refractivity contribution < 1.29 is 19.6 Å². The average molecular weight is 380 g/mol. The zero-order valence-corrected chi connectivity index (χ0v) is 15.5. The number of carbonyl (C=O) groups is 1. The third-order valence-electron chi connectivity index (χ3n) is 5.20. The van der Waals surface area contributed by atoms with Gasteiger partial charge in [-0.05, 0) is 68.3 Å². The van der Waals surface area contributed by atoms with Crippen LogP contribution in [0, 0.1) is 17.0 Å². The molecule has 0 radical (unpaired) electrons. The van der Waals surface area contributed by atoms with E-state index in [-0.39, 0.29) is 23.0 Å². The summed E-state index contributed by atoms with van der Waals surface area (Å²) < 4.78 is 5.89. The van der Waals surface area contributed by atoms with Crippen LogP contribution in [0.4, 0.5) is 5.69 Å². The number of nitro groups is 1. The number of aromatic hydroxyl groups is 1. The van der Waals surface area contributed by atoms with Gasteiger partial charge >= 0.3 is 0 Å². The van der Waals surface area contributed by atoms with Crippen LogP contribution in [0.25, 0.3) is 6.08 Å². The summed E-state index contributed by atoms with van der Waals surface area (Å²) in [6.45, 7) is 4.23. The van der Waals surface area contributed by atoms with Gasteiger partial charge in [0.2, 0.25) is 5.78 Å². The van der Waals surface area contributed by atoms with Gasteiger partial charge in [0.15, 0.2) is 5.76 Å². The lowest BCUT2D eigenvalue weighted by Gasteiger charge is -2.18. The van der Waals surface area contributed by atoms with Crippen molar-refractivity contribution in [3.63, 3.8) is 0 Å². The molecule has 2 aliphatic heterocycles. The Kier molecular flexibility index (Phi) is 4.60. The smallest absolute Gasteiger partial charge is 0.269 e. The van der Waals surface area contributed by atoms with E-state index in [4.69, 9.17) is 4.74 Å². The first-order valence-corrected chi connectivity index (χ1v) is 9.20. The quantitative estimate of drug-likeness (QED) is 0.492. The number of phenols is 1. The van der Waals surface area contributed by atoms with E-state index in [1.807, 2.05) is 0 Å². The van der Waals surface area contributed by atoms with Gasteiger partial charge in [0, 0.05) is 18.7 Å². The Hall–Kier alpha value is -3.19. The van der Waals surface area contributed by atoms with Gasteiger partial charge in [0.25, 0.3) is 5.69 Å². The fourth-order valence-electron chi connectivity index (χ4n) is 3.74. The van der Waals surface area contributed by atoms with Gasteiger partial charge in [-0.2, -0.15) is 0 Å². The Labute approximate surface area is 162 Å². The summed E-state index contributed by atoms with van der Waals surface area (Å²) in [7, 11) is 0. The molecule has 0 saturated carbocycles. The van der Waals surface area contributed by atoms with Gasteiger partial charge in [0.1, 0.15) is 11.5 Å². The summed E-state index contributed by atoms with van der Waals surface area (Å²) in [6.07, 6.45) is 3.82. The van der Waals surface area contributed by atoms with Crippen molar-refractivity contribution in [2.45, 2.75) is 26.3 Å². The predicted molar refractivity (Wildman–Crippen MR) is 103 cm³/mol. The summed E-state index contributed by atoms with van der Waals surface area (Å²) in [5.41, 5.74) is 2.38. The molecule has 7 heteroatoms. The highest BCUT2D eigenvalue weighted by atomic mass is 16.6. The number of fused-ring (bicyclic) bond motifs is 1. The molecule has 1 fully saturated rings. The Morgan fingerprint density at radius 1 is 1.25 bits per heavy atom. The first-order chi connectivity index (χ1) is 13.4. The number of aryl methyl sites for hydroxylation is 1. The summed E-state index contributed by atoms with van der Waals surface area (Å²) >= 11 is 0. The molecule has 4 rings (SSSR count). The number of phenolic OH excluding ortho intramolecular Hbond substituents is 1. The minimum absolute atomic E-state index is 0.0160. The van der Waals surface area contributed by atoms with Crippen LogP contribution in [0.2, 0.25) is 0 Å². The lowest BCUT2D eigenvalue weighted by Crippen LogP contribution is -2.19.